The Bertz CT molecular complexity index is 688. The lowest BCUT2D eigenvalue weighted by Gasteiger charge is -2.18. The molecule has 0 fully saturated rings. The van der Waals surface area contributed by atoms with Crippen molar-refractivity contribution in [2.45, 2.75) is 0 Å². The molecule has 0 aliphatic rings. The minimum Gasteiger partial charge on any atom is -0.492 e. The Labute approximate surface area is 157 Å². The van der Waals surface area contributed by atoms with Gasteiger partial charge in [-0.1, -0.05) is 29.3 Å². The van der Waals surface area contributed by atoms with Crippen molar-refractivity contribution in [1.82, 2.24) is 4.90 Å². The first-order valence-corrected chi connectivity index (χ1v) is 8.62. The lowest BCUT2D eigenvalue weighted by molar-refractivity contribution is 0.100. The summed E-state index contributed by atoms with van der Waals surface area (Å²) in [5.41, 5.74) is 6.42. The van der Waals surface area contributed by atoms with Crippen LogP contribution in [0.1, 0.15) is 10.4 Å². The second kappa shape index (κ2) is 9.51. The molecule has 2 aromatic rings. The summed E-state index contributed by atoms with van der Waals surface area (Å²) in [6, 6.07) is 12.2. The molecule has 0 saturated heterocycles. The molecule has 3 N–H and O–H groups in total. The van der Waals surface area contributed by atoms with E-state index < -0.39 is 5.91 Å². The number of nitrogens with two attached hydrogens (primary N) is 1. The Morgan fingerprint density at radius 3 is 2.36 bits per heavy atom. The topological polar surface area (TPSA) is 67.6 Å². The number of rotatable bonds is 9. The van der Waals surface area contributed by atoms with E-state index in [9.17, 15) is 4.79 Å². The van der Waals surface area contributed by atoms with Crippen LogP contribution in [0.3, 0.4) is 0 Å². The highest BCUT2D eigenvalue weighted by atomic mass is 35.5. The molecule has 0 saturated carbocycles. The molecule has 0 aliphatic carbocycles. The van der Waals surface area contributed by atoms with Crippen molar-refractivity contribution < 1.29 is 9.53 Å². The number of carbonyl (C=O) groups excluding carboxylic acids is 1. The van der Waals surface area contributed by atoms with Gasteiger partial charge in [0, 0.05) is 25.2 Å². The maximum Gasteiger partial charge on any atom is 0.248 e. The van der Waals surface area contributed by atoms with Gasteiger partial charge in [0.1, 0.15) is 12.4 Å². The average Bonchev–Trinajstić information content (AvgIpc) is 2.58. The van der Waals surface area contributed by atoms with Gasteiger partial charge < -0.3 is 20.7 Å². The molecular formula is C18H21Cl2N3O2. The maximum absolute atomic E-state index is 11.0. The van der Waals surface area contributed by atoms with Crippen LogP contribution >= 0.6 is 23.2 Å². The quantitative estimate of drug-likeness (QED) is 0.697. The summed E-state index contributed by atoms with van der Waals surface area (Å²) >= 11 is 12.2. The molecule has 0 bridgehead atoms. The van der Waals surface area contributed by atoms with Crippen molar-refractivity contribution in [3.05, 3.63) is 58.1 Å². The molecule has 2 rings (SSSR count). The maximum atomic E-state index is 11.0. The number of halogens is 2. The molecule has 0 aliphatic heterocycles. The van der Waals surface area contributed by atoms with Crippen LogP contribution in [0.5, 0.6) is 5.75 Å². The van der Waals surface area contributed by atoms with E-state index in [0.29, 0.717) is 34.5 Å². The summed E-state index contributed by atoms with van der Waals surface area (Å²) in [6.45, 7) is 2.83. The largest absolute Gasteiger partial charge is 0.492 e. The van der Waals surface area contributed by atoms with Crippen LogP contribution < -0.4 is 15.8 Å². The van der Waals surface area contributed by atoms with Gasteiger partial charge in [0.15, 0.2) is 0 Å². The fourth-order valence-corrected chi connectivity index (χ4v) is 2.72. The molecular weight excluding hydrogens is 361 g/mol. The van der Waals surface area contributed by atoms with Crippen molar-refractivity contribution in [2.75, 3.05) is 38.6 Å². The molecule has 25 heavy (non-hydrogen) atoms. The smallest absolute Gasteiger partial charge is 0.248 e. The Morgan fingerprint density at radius 2 is 1.76 bits per heavy atom. The highest BCUT2D eigenvalue weighted by molar-refractivity contribution is 6.39. The number of nitrogens with one attached hydrogen (secondary N) is 1. The third-order valence-corrected chi connectivity index (χ3v) is 4.27. The molecule has 0 atom stereocenters. The first-order chi connectivity index (χ1) is 12.0. The lowest BCUT2D eigenvalue weighted by Crippen LogP contribution is -2.29. The van der Waals surface area contributed by atoms with Gasteiger partial charge in [-0.3, -0.25) is 4.79 Å². The zero-order valence-electron chi connectivity index (χ0n) is 14.0. The normalized spacial score (nSPS) is 10.7. The van der Waals surface area contributed by atoms with Crippen LogP contribution in [-0.4, -0.2) is 44.1 Å². The van der Waals surface area contributed by atoms with Gasteiger partial charge in [-0.05, 0) is 43.4 Å². The Kier molecular flexibility index (Phi) is 7.37. The predicted octanol–water partition coefficient (Wildman–Crippen LogP) is 3.52. The van der Waals surface area contributed by atoms with E-state index in [0.717, 1.165) is 18.8 Å². The molecule has 2 aromatic carbocycles. The van der Waals surface area contributed by atoms with Gasteiger partial charge in [-0.2, -0.15) is 0 Å². The molecule has 7 heteroatoms. The van der Waals surface area contributed by atoms with Crippen LogP contribution in [0, 0.1) is 0 Å². The standard InChI is InChI=1S/C18H21Cl2N3O2/c1-23(10-9-22-17-15(19)3-2-4-16(17)20)11-12-25-14-7-5-13(6-8-14)18(21)24/h2-8,22H,9-12H2,1H3,(H2,21,24). The van der Waals surface area contributed by atoms with E-state index in [-0.39, 0.29) is 0 Å². The van der Waals surface area contributed by atoms with E-state index in [1.54, 1.807) is 36.4 Å². The highest BCUT2D eigenvalue weighted by Crippen LogP contribution is 2.29. The monoisotopic (exact) mass is 381 g/mol. The number of hydrogen-bond acceptors (Lipinski definition) is 4. The Morgan fingerprint density at radius 1 is 1.12 bits per heavy atom. The van der Waals surface area contributed by atoms with Gasteiger partial charge >= 0.3 is 0 Å². The average molecular weight is 382 g/mol. The number of carbonyl (C=O) groups is 1. The summed E-state index contributed by atoms with van der Waals surface area (Å²) in [5.74, 6) is 0.261. The van der Waals surface area contributed by atoms with Crippen molar-refractivity contribution >= 4 is 34.8 Å². The highest BCUT2D eigenvalue weighted by Gasteiger charge is 2.05. The van der Waals surface area contributed by atoms with Crippen LogP contribution in [0.25, 0.3) is 0 Å². The third-order valence-electron chi connectivity index (χ3n) is 3.64. The number of nitrogens with zero attached hydrogens (tertiary/aromatic N) is 1. The predicted molar refractivity (Wildman–Crippen MR) is 103 cm³/mol. The van der Waals surface area contributed by atoms with E-state index in [4.69, 9.17) is 33.7 Å². The summed E-state index contributed by atoms with van der Waals surface area (Å²) in [4.78, 5) is 13.1. The number of anilines is 1. The van der Waals surface area contributed by atoms with Gasteiger partial charge in [0.25, 0.3) is 0 Å². The number of ether oxygens (including phenoxy) is 1. The number of hydrogen-bond donors (Lipinski definition) is 2. The molecule has 0 radical (unpaired) electrons. The summed E-state index contributed by atoms with van der Waals surface area (Å²) in [5, 5.41) is 4.47. The molecule has 0 spiro atoms. The number of para-hydroxylation sites is 1. The zero-order valence-corrected chi connectivity index (χ0v) is 15.5. The first-order valence-electron chi connectivity index (χ1n) is 7.86. The van der Waals surface area contributed by atoms with Gasteiger partial charge in [0.2, 0.25) is 5.91 Å². The fraction of sp³-hybridized carbons (Fsp3) is 0.278. The summed E-state index contributed by atoms with van der Waals surface area (Å²) in [6.07, 6.45) is 0. The van der Waals surface area contributed by atoms with Crippen molar-refractivity contribution in [1.29, 1.82) is 0 Å². The van der Waals surface area contributed by atoms with E-state index in [1.165, 1.54) is 0 Å². The molecule has 0 unspecified atom stereocenters. The number of primary amides is 1. The zero-order chi connectivity index (χ0) is 18.2. The Hall–Kier alpha value is -1.95. The molecule has 1 amide bonds. The van der Waals surface area contributed by atoms with Crippen molar-refractivity contribution in [3.8, 4) is 5.75 Å². The molecule has 0 heterocycles. The molecule has 0 aromatic heterocycles. The van der Waals surface area contributed by atoms with Gasteiger partial charge in [-0.15, -0.1) is 0 Å². The first kappa shape index (κ1) is 19.4. The second-order valence-corrected chi connectivity index (χ2v) is 6.38. The fourth-order valence-electron chi connectivity index (χ4n) is 2.19. The number of amides is 1. The van der Waals surface area contributed by atoms with Crippen LogP contribution in [-0.2, 0) is 0 Å². The van der Waals surface area contributed by atoms with Crippen LogP contribution in [0.4, 0.5) is 5.69 Å². The summed E-state index contributed by atoms with van der Waals surface area (Å²) in [7, 11) is 2.01. The summed E-state index contributed by atoms with van der Waals surface area (Å²) < 4.78 is 5.66. The molecule has 5 nitrogen and oxygen atoms in total. The minimum absolute atomic E-state index is 0.447. The van der Waals surface area contributed by atoms with Gasteiger partial charge in [0.05, 0.1) is 15.7 Å². The third kappa shape index (κ3) is 6.12. The Balaban J connectivity index is 1.68. The van der Waals surface area contributed by atoms with E-state index >= 15 is 0 Å². The van der Waals surface area contributed by atoms with Crippen molar-refractivity contribution in [2.24, 2.45) is 5.73 Å². The number of likely N-dealkylation sites (N-methyl/N-ethyl adjacent to an activating group) is 1. The number of benzene rings is 2. The van der Waals surface area contributed by atoms with E-state index in [1.807, 2.05) is 13.1 Å². The minimum atomic E-state index is -0.447. The molecule has 134 valence electrons. The van der Waals surface area contributed by atoms with Crippen LogP contribution in [0.15, 0.2) is 42.5 Å². The SMILES string of the molecule is CN(CCNc1c(Cl)cccc1Cl)CCOc1ccc(C(N)=O)cc1. The van der Waals surface area contributed by atoms with Crippen LogP contribution in [0.2, 0.25) is 10.0 Å². The second-order valence-electron chi connectivity index (χ2n) is 5.56. The van der Waals surface area contributed by atoms with Crippen molar-refractivity contribution in [3.63, 3.8) is 0 Å². The van der Waals surface area contributed by atoms with Gasteiger partial charge in [-0.25, -0.2) is 0 Å². The lowest BCUT2D eigenvalue weighted by atomic mass is 10.2. The van der Waals surface area contributed by atoms with E-state index in [2.05, 4.69) is 10.2 Å².